The van der Waals surface area contributed by atoms with E-state index in [1.54, 1.807) is 17.0 Å². The van der Waals surface area contributed by atoms with Crippen molar-refractivity contribution >= 4 is 22.9 Å². The largest absolute Gasteiger partial charge is 0.346 e. The Hall–Kier alpha value is -3.15. The first-order chi connectivity index (χ1) is 14.0. The Balaban J connectivity index is 1.52. The number of nitrogens with one attached hydrogen (secondary N) is 1. The van der Waals surface area contributed by atoms with Gasteiger partial charge in [-0.15, -0.1) is 0 Å². The van der Waals surface area contributed by atoms with Crippen molar-refractivity contribution in [2.45, 2.75) is 46.2 Å². The highest BCUT2D eigenvalue weighted by molar-refractivity contribution is 5.92. The number of nitrogens with zero attached hydrogens (tertiary/aromatic N) is 3. The van der Waals surface area contributed by atoms with Crippen molar-refractivity contribution in [1.29, 1.82) is 0 Å². The first-order valence-corrected chi connectivity index (χ1v) is 10.1. The number of benzene rings is 1. The number of para-hydroxylation sites is 1. The van der Waals surface area contributed by atoms with Crippen LogP contribution in [0, 0.1) is 13.8 Å². The topological polar surface area (TPSA) is 71.0 Å². The van der Waals surface area contributed by atoms with Crippen LogP contribution >= 0.6 is 0 Å². The van der Waals surface area contributed by atoms with E-state index in [4.69, 9.17) is 0 Å². The van der Waals surface area contributed by atoms with Gasteiger partial charge in [-0.25, -0.2) is 4.98 Å². The molecule has 0 spiro atoms. The summed E-state index contributed by atoms with van der Waals surface area (Å²) in [6, 6.07) is 9.97. The minimum atomic E-state index is -0.183. The molecule has 6 nitrogen and oxygen atoms in total. The van der Waals surface area contributed by atoms with Gasteiger partial charge in [0, 0.05) is 30.1 Å². The monoisotopic (exact) mass is 390 g/mol. The normalized spacial score (nSPS) is 14.0. The SMILES string of the molecule is CCN(Cc1nc2ccccc2c(=O)[nH]1)C(=O)/C=C/c1cc(C)n(C2CC2)c1C. The molecule has 29 heavy (non-hydrogen) atoms. The van der Waals surface area contributed by atoms with Crippen molar-refractivity contribution in [1.82, 2.24) is 19.4 Å². The minimum absolute atomic E-state index is 0.0977. The van der Waals surface area contributed by atoms with Gasteiger partial charge in [0.05, 0.1) is 17.4 Å². The number of hydrogen-bond acceptors (Lipinski definition) is 3. The van der Waals surface area contributed by atoms with Crippen LogP contribution in [0.5, 0.6) is 0 Å². The van der Waals surface area contributed by atoms with Crippen molar-refractivity contribution in [2.24, 2.45) is 0 Å². The number of fused-ring (bicyclic) bond motifs is 1. The molecule has 2 heterocycles. The molecule has 1 saturated carbocycles. The lowest BCUT2D eigenvalue weighted by molar-refractivity contribution is -0.126. The van der Waals surface area contributed by atoms with E-state index in [9.17, 15) is 9.59 Å². The molecule has 3 aromatic rings. The summed E-state index contributed by atoms with van der Waals surface area (Å²) >= 11 is 0. The molecule has 1 aromatic carbocycles. The van der Waals surface area contributed by atoms with Crippen LogP contribution in [-0.4, -0.2) is 31.9 Å². The van der Waals surface area contributed by atoms with Crippen LogP contribution in [-0.2, 0) is 11.3 Å². The summed E-state index contributed by atoms with van der Waals surface area (Å²) in [6.07, 6.45) is 5.97. The lowest BCUT2D eigenvalue weighted by atomic mass is 10.2. The lowest BCUT2D eigenvalue weighted by Crippen LogP contribution is -2.30. The highest BCUT2D eigenvalue weighted by atomic mass is 16.2. The zero-order valence-corrected chi connectivity index (χ0v) is 17.1. The number of likely N-dealkylation sites (N-methyl/N-ethyl adjacent to an activating group) is 1. The molecule has 6 heteroatoms. The number of carbonyl (C=O) groups excluding carboxylic acids is 1. The second-order valence-corrected chi connectivity index (χ2v) is 7.64. The smallest absolute Gasteiger partial charge is 0.258 e. The second kappa shape index (κ2) is 7.70. The fraction of sp³-hybridized carbons (Fsp3) is 0.348. The number of aromatic nitrogens is 3. The third kappa shape index (κ3) is 3.88. The van der Waals surface area contributed by atoms with Crippen LogP contribution in [0.25, 0.3) is 17.0 Å². The van der Waals surface area contributed by atoms with Crippen LogP contribution < -0.4 is 5.56 Å². The molecule has 1 amide bonds. The van der Waals surface area contributed by atoms with Crippen molar-refractivity contribution < 1.29 is 4.79 Å². The van der Waals surface area contributed by atoms with E-state index in [2.05, 4.69) is 34.4 Å². The Morgan fingerprint density at radius 3 is 2.79 bits per heavy atom. The lowest BCUT2D eigenvalue weighted by Gasteiger charge is -2.18. The maximum Gasteiger partial charge on any atom is 0.258 e. The van der Waals surface area contributed by atoms with E-state index in [1.165, 1.54) is 24.2 Å². The first kappa shape index (κ1) is 19.2. The molecule has 0 aliphatic heterocycles. The predicted molar refractivity (Wildman–Crippen MR) is 115 cm³/mol. The highest BCUT2D eigenvalue weighted by Crippen LogP contribution is 2.38. The van der Waals surface area contributed by atoms with Gasteiger partial charge in [-0.05, 0) is 63.5 Å². The first-order valence-electron chi connectivity index (χ1n) is 10.1. The van der Waals surface area contributed by atoms with E-state index in [0.29, 0.717) is 29.3 Å². The zero-order chi connectivity index (χ0) is 20.5. The number of hydrogen-bond donors (Lipinski definition) is 1. The fourth-order valence-corrected chi connectivity index (χ4v) is 3.87. The summed E-state index contributed by atoms with van der Waals surface area (Å²) in [5.41, 5.74) is 3.98. The molecule has 1 N–H and O–H groups in total. The summed E-state index contributed by atoms with van der Waals surface area (Å²) in [4.78, 5) is 34.0. The van der Waals surface area contributed by atoms with Gasteiger partial charge in [-0.2, -0.15) is 0 Å². The average molecular weight is 390 g/mol. The molecule has 0 saturated heterocycles. The Kier molecular flexibility index (Phi) is 5.09. The van der Waals surface area contributed by atoms with Gasteiger partial charge in [-0.3, -0.25) is 9.59 Å². The number of rotatable bonds is 6. The van der Waals surface area contributed by atoms with Crippen molar-refractivity contribution in [3.63, 3.8) is 0 Å². The summed E-state index contributed by atoms with van der Waals surface area (Å²) in [6.45, 7) is 6.94. The summed E-state index contributed by atoms with van der Waals surface area (Å²) in [5, 5.41) is 0.552. The summed E-state index contributed by atoms with van der Waals surface area (Å²) < 4.78 is 2.37. The molecule has 1 fully saturated rings. The molecule has 0 unspecified atom stereocenters. The van der Waals surface area contributed by atoms with Gasteiger partial charge in [0.1, 0.15) is 5.82 Å². The van der Waals surface area contributed by atoms with Gasteiger partial charge in [0.25, 0.3) is 5.56 Å². The van der Waals surface area contributed by atoms with Crippen molar-refractivity contribution in [3.8, 4) is 0 Å². The van der Waals surface area contributed by atoms with Gasteiger partial charge in [0.15, 0.2) is 0 Å². The van der Waals surface area contributed by atoms with Crippen LogP contribution in [0.3, 0.4) is 0 Å². The van der Waals surface area contributed by atoms with Crippen LogP contribution in [0.1, 0.15) is 48.6 Å². The summed E-state index contributed by atoms with van der Waals surface area (Å²) in [5.74, 6) is 0.392. The molecular formula is C23H26N4O2. The van der Waals surface area contributed by atoms with E-state index >= 15 is 0 Å². The fourth-order valence-electron chi connectivity index (χ4n) is 3.87. The molecule has 0 radical (unpaired) electrons. The third-order valence-electron chi connectivity index (χ3n) is 5.54. The maximum atomic E-state index is 12.8. The van der Waals surface area contributed by atoms with Gasteiger partial charge in [0.2, 0.25) is 5.91 Å². The quantitative estimate of drug-likeness (QED) is 0.652. The second-order valence-electron chi connectivity index (χ2n) is 7.64. The standard InChI is InChI=1S/C23H26N4O2/c1-4-26(14-21-24-20-8-6-5-7-19(20)23(29)25-21)22(28)12-9-17-13-15(2)27(16(17)3)18-10-11-18/h5-9,12-13,18H,4,10-11,14H2,1-3H3,(H,24,25,29)/b12-9+. The number of H-pyrrole nitrogens is 1. The molecule has 2 aromatic heterocycles. The Morgan fingerprint density at radius 2 is 2.07 bits per heavy atom. The molecule has 0 bridgehead atoms. The van der Waals surface area contributed by atoms with E-state index < -0.39 is 0 Å². The average Bonchev–Trinajstić information content (AvgIpc) is 3.49. The minimum Gasteiger partial charge on any atom is -0.346 e. The predicted octanol–water partition coefficient (Wildman–Crippen LogP) is 3.74. The third-order valence-corrected chi connectivity index (χ3v) is 5.54. The van der Waals surface area contributed by atoms with Gasteiger partial charge < -0.3 is 14.5 Å². The van der Waals surface area contributed by atoms with Crippen molar-refractivity contribution in [3.05, 3.63) is 69.5 Å². The van der Waals surface area contributed by atoms with E-state index in [1.807, 2.05) is 31.2 Å². The van der Waals surface area contributed by atoms with Crippen LogP contribution in [0.4, 0.5) is 0 Å². The Labute approximate surface area is 169 Å². The van der Waals surface area contributed by atoms with E-state index in [0.717, 1.165) is 5.56 Å². The number of aromatic amines is 1. The van der Waals surface area contributed by atoms with Gasteiger partial charge in [-0.1, -0.05) is 12.1 Å². The highest BCUT2D eigenvalue weighted by Gasteiger charge is 2.26. The van der Waals surface area contributed by atoms with Gasteiger partial charge >= 0.3 is 0 Å². The molecule has 4 rings (SSSR count). The number of amides is 1. The summed E-state index contributed by atoms with van der Waals surface area (Å²) in [7, 11) is 0. The number of aryl methyl sites for hydroxylation is 1. The molecule has 0 atom stereocenters. The Bertz CT molecular complexity index is 1150. The molecule has 1 aliphatic rings. The zero-order valence-electron chi connectivity index (χ0n) is 17.1. The van der Waals surface area contributed by atoms with Crippen LogP contribution in [0.2, 0.25) is 0 Å². The van der Waals surface area contributed by atoms with Crippen LogP contribution in [0.15, 0.2) is 41.2 Å². The maximum absolute atomic E-state index is 12.8. The van der Waals surface area contributed by atoms with Crippen molar-refractivity contribution in [2.75, 3.05) is 6.54 Å². The Morgan fingerprint density at radius 1 is 1.31 bits per heavy atom. The molecular weight excluding hydrogens is 364 g/mol. The number of carbonyl (C=O) groups is 1. The molecule has 1 aliphatic carbocycles. The molecule has 150 valence electrons. The van der Waals surface area contributed by atoms with E-state index in [-0.39, 0.29) is 18.0 Å².